The minimum Gasteiger partial charge on any atom is -0.354 e. The molecule has 2 aromatic carbocycles. The summed E-state index contributed by atoms with van der Waals surface area (Å²) >= 11 is 0. The first-order chi connectivity index (χ1) is 13.6. The van der Waals surface area contributed by atoms with Crippen LogP contribution in [0.25, 0.3) is 22.2 Å². The van der Waals surface area contributed by atoms with Crippen LogP contribution in [-0.4, -0.2) is 16.0 Å². The Balaban J connectivity index is 1.66. The van der Waals surface area contributed by atoms with Crippen LogP contribution < -0.4 is 5.32 Å². The van der Waals surface area contributed by atoms with E-state index in [-0.39, 0.29) is 11.7 Å². The van der Waals surface area contributed by atoms with Gasteiger partial charge in [0.05, 0.1) is 11.2 Å². The van der Waals surface area contributed by atoms with E-state index in [0.717, 1.165) is 40.0 Å². The van der Waals surface area contributed by atoms with E-state index in [1.165, 1.54) is 10.9 Å². The molecule has 2 heterocycles. The number of aromatic nitrogens is 2. The summed E-state index contributed by atoms with van der Waals surface area (Å²) in [6, 6.07) is 16.3. The summed E-state index contributed by atoms with van der Waals surface area (Å²) < 4.78 is 5.13. The number of carbonyl (C=O) groups excluding carboxylic acids is 1. The highest BCUT2D eigenvalue weighted by atomic mass is 16.5. The van der Waals surface area contributed by atoms with E-state index in [4.69, 9.17) is 4.52 Å². The molecule has 28 heavy (non-hydrogen) atoms. The van der Waals surface area contributed by atoms with Gasteiger partial charge < -0.3 is 14.8 Å². The highest BCUT2D eigenvalue weighted by Gasteiger charge is 2.16. The summed E-state index contributed by atoms with van der Waals surface area (Å²) in [5, 5.41) is 8.01. The lowest BCUT2D eigenvalue weighted by atomic mass is 10.0. The van der Waals surface area contributed by atoms with E-state index in [1.54, 1.807) is 6.07 Å². The second kappa shape index (κ2) is 7.35. The van der Waals surface area contributed by atoms with Crippen molar-refractivity contribution in [1.82, 2.24) is 15.5 Å². The van der Waals surface area contributed by atoms with Gasteiger partial charge in [-0.1, -0.05) is 54.0 Å². The van der Waals surface area contributed by atoms with Crippen LogP contribution in [0, 0.1) is 13.8 Å². The molecule has 1 amide bonds. The zero-order valence-corrected chi connectivity index (χ0v) is 16.3. The Hall–Kier alpha value is -3.34. The molecule has 0 spiro atoms. The summed E-state index contributed by atoms with van der Waals surface area (Å²) in [6.07, 6.45) is 0.735. The van der Waals surface area contributed by atoms with Gasteiger partial charge in [-0.2, -0.15) is 0 Å². The number of nitrogens with one attached hydrogen (secondary N) is 2. The van der Waals surface area contributed by atoms with Crippen molar-refractivity contribution >= 4 is 16.8 Å². The number of fused-ring (bicyclic) bond motifs is 1. The third-order valence-electron chi connectivity index (χ3n) is 5.04. The zero-order valence-electron chi connectivity index (χ0n) is 16.3. The number of H-pyrrole nitrogens is 1. The molecule has 5 nitrogen and oxygen atoms in total. The molecule has 0 aliphatic rings. The van der Waals surface area contributed by atoms with Crippen LogP contribution in [0.5, 0.6) is 0 Å². The van der Waals surface area contributed by atoms with Crippen LogP contribution in [0.15, 0.2) is 53.1 Å². The second-order valence-electron chi connectivity index (χ2n) is 7.06. The van der Waals surface area contributed by atoms with Crippen molar-refractivity contribution in [3.05, 3.63) is 76.7 Å². The number of aromatic amines is 1. The van der Waals surface area contributed by atoms with Crippen molar-refractivity contribution < 1.29 is 9.32 Å². The van der Waals surface area contributed by atoms with Crippen LogP contribution in [0.2, 0.25) is 0 Å². The highest BCUT2D eigenvalue weighted by molar-refractivity contribution is 5.94. The molecule has 0 bridgehead atoms. The largest absolute Gasteiger partial charge is 0.354 e. The van der Waals surface area contributed by atoms with E-state index in [1.807, 2.05) is 25.1 Å². The predicted molar refractivity (Wildman–Crippen MR) is 110 cm³/mol. The molecule has 4 rings (SSSR count). The Morgan fingerprint density at radius 1 is 1.14 bits per heavy atom. The van der Waals surface area contributed by atoms with Gasteiger partial charge in [0.1, 0.15) is 0 Å². The molecule has 0 atom stereocenters. The number of nitrogens with zero attached hydrogens (tertiary/aromatic N) is 1. The van der Waals surface area contributed by atoms with Gasteiger partial charge in [0.15, 0.2) is 0 Å². The molecule has 0 saturated heterocycles. The molecule has 142 valence electrons. The molecule has 0 saturated carbocycles. The molecule has 0 radical (unpaired) electrons. The fourth-order valence-electron chi connectivity index (χ4n) is 3.54. The summed E-state index contributed by atoms with van der Waals surface area (Å²) in [5.74, 6) is -0.0122. The summed E-state index contributed by atoms with van der Waals surface area (Å²) in [7, 11) is 0. The maximum atomic E-state index is 12.4. The molecular weight excluding hydrogens is 350 g/mol. The first kappa shape index (κ1) is 18.0. The van der Waals surface area contributed by atoms with E-state index >= 15 is 0 Å². The Morgan fingerprint density at radius 2 is 1.93 bits per heavy atom. The van der Waals surface area contributed by atoms with Crippen LogP contribution in [0.3, 0.4) is 0 Å². The van der Waals surface area contributed by atoms with Crippen molar-refractivity contribution in [2.75, 3.05) is 0 Å². The lowest BCUT2D eigenvalue weighted by Gasteiger charge is -2.07. The molecular formula is C23H23N3O2. The van der Waals surface area contributed by atoms with E-state index in [9.17, 15) is 4.79 Å². The van der Waals surface area contributed by atoms with Crippen molar-refractivity contribution in [2.24, 2.45) is 0 Å². The van der Waals surface area contributed by atoms with Gasteiger partial charge in [-0.3, -0.25) is 4.79 Å². The average molecular weight is 373 g/mol. The molecule has 2 aromatic heterocycles. The molecule has 0 aliphatic heterocycles. The third-order valence-corrected chi connectivity index (χ3v) is 5.04. The van der Waals surface area contributed by atoms with Crippen LogP contribution in [-0.2, 0) is 13.0 Å². The van der Waals surface area contributed by atoms with Gasteiger partial charge >= 0.3 is 0 Å². The first-order valence-electron chi connectivity index (χ1n) is 9.47. The van der Waals surface area contributed by atoms with Gasteiger partial charge in [-0.05, 0) is 43.0 Å². The number of hydrogen-bond donors (Lipinski definition) is 2. The fourth-order valence-corrected chi connectivity index (χ4v) is 3.54. The molecule has 0 unspecified atom stereocenters. The number of amides is 1. The molecule has 5 heteroatoms. The fraction of sp³-hybridized carbons (Fsp3) is 0.217. The van der Waals surface area contributed by atoms with Crippen LogP contribution in [0.1, 0.15) is 39.9 Å². The minimum absolute atomic E-state index is 0.244. The van der Waals surface area contributed by atoms with Gasteiger partial charge in [0, 0.05) is 23.7 Å². The molecule has 2 N–H and O–H groups in total. The van der Waals surface area contributed by atoms with Crippen LogP contribution >= 0.6 is 0 Å². The maximum absolute atomic E-state index is 12.4. The van der Waals surface area contributed by atoms with Crippen LogP contribution in [0.4, 0.5) is 0 Å². The Labute approximate surface area is 163 Å². The van der Waals surface area contributed by atoms with Crippen molar-refractivity contribution in [1.29, 1.82) is 0 Å². The number of carbonyl (C=O) groups is 1. The summed E-state index contributed by atoms with van der Waals surface area (Å²) in [4.78, 5) is 16.0. The monoisotopic (exact) mass is 373 g/mol. The number of benzene rings is 2. The topological polar surface area (TPSA) is 70.9 Å². The van der Waals surface area contributed by atoms with Gasteiger partial charge in [-0.25, -0.2) is 0 Å². The lowest BCUT2D eigenvalue weighted by Crippen LogP contribution is -2.22. The van der Waals surface area contributed by atoms with Crippen molar-refractivity contribution in [3.63, 3.8) is 0 Å². The Bertz CT molecular complexity index is 1140. The third kappa shape index (κ3) is 3.31. The second-order valence-corrected chi connectivity index (χ2v) is 7.06. The van der Waals surface area contributed by atoms with Gasteiger partial charge in [-0.15, -0.1) is 0 Å². The van der Waals surface area contributed by atoms with Gasteiger partial charge in [0.2, 0.25) is 5.76 Å². The molecule has 4 aromatic rings. The maximum Gasteiger partial charge on any atom is 0.290 e. The zero-order chi connectivity index (χ0) is 19.7. The van der Waals surface area contributed by atoms with Gasteiger partial charge in [0.25, 0.3) is 5.91 Å². The Kier molecular flexibility index (Phi) is 4.74. The van der Waals surface area contributed by atoms with Crippen molar-refractivity contribution in [3.8, 4) is 11.3 Å². The lowest BCUT2D eigenvalue weighted by molar-refractivity contribution is 0.0914. The average Bonchev–Trinajstić information content (AvgIpc) is 3.32. The van der Waals surface area contributed by atoms with Crippen molar-refractivity contribution in [2.45, 2.75) is 33.7 Å². The van der Waals surface area contributed by atoms with E-state index in [0.29, 0.717) is 6.54 Å². The SMILES string of the molecule is CCc1cc(C(=O)NCc2cc(C)cc3c(C)c(-c4ccccc4)[nH]c23)on1. The normalized spacial score (nSPS) is 11.1. The Morgan fingerprint density at radius 3 is 2.64 bits per heavy atom. The minimum atomic E-state index is -0.256. The standard InChI is InChI=1S/C23H23N3O2/c1-4-18-12-20(28-26-18)23(27)24-13-17-10-14(2)11-19-15(3)21(25-22(17)19)16-8-6-5-7-9-16/h5-12,25H,4,13H2,1-3H3,(H,24,27). The summed E-state index contributed by atoms with van der Waals surface area (Å²) in [6.45, 7) is 6.58. The highest BCUT2D eigenvalue weighted by Crippen LogP contribution is 2.32. The quantitative estimate of drug-likeness (QED) is 0.521. The molecule has 0 fully saturated rings. The number of aryl methyl sites for hydroxylation is 3. The van der Waals surface area contributed by atoms with E-state index < -0.39 is 0 Å². The first-order valence-corrected chi connectivity index (χ1v) is 9.47. The number of rotatable bonds is 5. The molecule has 0 aliphatic carbocycles. The summed E-state index contributed by atoms with van der Waals surface area (Å²) in [5.41, 5.74) is 7.49. The smallest absolute Gasteiger partial charge is 0.290 e. The predicted octanol–water partition coefficient (Wildman–Crippen LogP) is 4.93. The number of hydrogen-bond acceptors (Lipinski definition) is 3. The van der Waals surface area contributed by atoms with E-state index in [2.05, 4.69) is 53.6 Å².